The molecular formula is C25H16I6O7S. The summed E-state index contributed by atoms with van der Waals surface area (Å²) in [5, 5.41) is 0. The third-order valence-corrected chi connectivity index (χ3v) is 13.2. The third-order valence-electron chi connectivity index (χ3n) is 5.18. The summed E-state index contributed by atoms with van der Waals surface area (Å²) in [6.45, 7) is -0.534. The molecule has 0 aliphatic carbocycles. The predicted molar refractivity (Wildman–Crippen MR) is 198 cm³/mol. The van der Waals surface area contributed by atoms with Crippen molar-refractivity contribution in [3.05, 3.63) is 91.7 Å². The highest BCUT2D eigenvalue weighted by Crippen LogP contribution is 2.26. The zero-order valence-corrected chi connectivity index (χ0v) is 33.2. The van der Waals surface area contributed by atoms with Crippen molar-refractivity contribution in [1.82, 2.24) is 0 Å². The highest BCUT2D eigenvalue weighted by Gasteiger charge is 2.20. The van der Waals surface area contributed by atoms with E-state index in [4.69, 9.17) is 9.29 Å². The number of benzene rings is 3. The lowest BCUT2D eigenvalue weighted by Gasteiger charge is -2.12. The Morgan fingerprint density at radius 3 is 1.54 bits per heavy atom. The first-order valence-electron chi connectivity index (χ1n) is 10.7. The number of Topliss-reactive ketones (excluding diaryl/α,β-unsaturated/α-hetero) is 2. The number of rotatable bonds is 10. The molecule has 3 aromatic rings. The third kappa shape index (κ3) is 10.2. The van der Waals surface area contributed by atoms with Crippen LogP contribution in [0.25, 0.3) is 0 Å². The van der Waals surface area contributed by atoms with Gasteiger partial charge in [-0.05, 0) is 183 Å². The first-order chi connectivity index (χ1) is 18.1. The maximum absolute atomic E-state index is 13.3. The molecule has 0 bridgehead atoms. The van der Waals surface area contributed by atoms with Gasteiger partial charge in [-0.15, -0.1) is 0 Å². The van der Waals surface area contributed by atoms with E-state index in [2.05, 4.69) is 136 Å². The second-order valence-electron chi connectivity index (χ2n) is 8.16. The monoisotopic (exact) mass is 1220 g/mol. The van der Waals surface area contributed by atoms with Crippen molar-refractivity contribution in [2.24, 2.45) is 0 Å². The average Bonchev–Trinajstić information content (AvgIpc) is 2.82. The van der Waals surface area contributed by atoms with E-state index in [1.165, 1.54) is 12.1 Å². The van der Waals surface area contributed by atoms with Gasteiger partial charge in [0.25, 0.3) is 10.1 Å². The highest BCUT2D eigenvalue weighted by atomic mass is 127. The van der Waals surface area contributed by atoms with Gasteiger partial charge in [-0.3, -0.25) is 14.1 Å². The van der Waals surface area contributed by atoms with Crippen LogP contribution in [-0.4, -0.2) is 42.9 Å². The summed E-state index contributed by atoms with van der Waals surface area (Å²) in [4.78, 5) is 39.3. The summed E-state index contributed by atoms with van der Waals surface area (Å²) in [7, 11) is -4.30. The van der Waals surface area contributed by atoms with Gasteiger partial charge in [-0.1, -0.05) is 6.07 Å². The molecule has 0 spiro atoms. The van der Waals surface area contributed by atoms with Crippen molar-refractivity contribution in [2.45, 2.75) is 12.8 Å². The molecule has 3 rings (SSSR count). The van der Waals surface area contributed by atoms with Crippen LogP contribution in [0.3, 0.4) is 0 Å². The minimum atomic E-state index is -4.30. The topological polar surface area (TPSA) is 115 Å². The molecule has 1 N–H and O–H groups in total. The van der Waals surface area contributed by atoms with Crippen LogP contribution < -0.4 is 0 Å². The van der Waals surface area contributed by atoms with E-state index in [0.717, 1.165) is 21.4 Å². The number of carbonyl (C=O) groups is 3. The second-order valence-corrected chi connectivity index (χ2v) is 16.7. The Morgan fingerprint density at radius 1 is 0.692 bits per heavy atom. The normalized spacial score (nSPS) is 11.4. The lowest BCUT2D eigenvalue weighted by atomic mass is 9.95. The van der Waals surface area contributed by atoms with Crippen LogP contribution in [-0.2, 0) is 27.7 Å². The van der Waals surface area contributed by atoms with E-state index in [1.54, 1.807) is 6.07 Å². The fourth-order valence-electron chi connectivity index (χ4n) is 3.49. The first kappa shape index (κ1) is 34.3. The van der Waals surface area contributed by atoms with Crippen LogP contribution >= 0.6 is 136 Å². The average molecular weight is 1220 g/mol. The number of ketones is 2. The van der Waals surface area contributed by atoms with E-state index in [-0.39, 0.29) is 30.0 Å². The van der Waals surface area contributed by atoms with Crippen molar-refractivity contribution >= 4 is 163 Å². The molecule has 39 heavy (non-hydrogen) atoms. The van der Waals surface area contributed by atoms with Crippen LogP contribution in [0.2, 0.25) is 0 Å². The Morgan fingerprint density at radius 2 is 1.13 bits per heavy atom. The van der Waals surface area contributed by atoms with Gasteiger partial charge in [0.1, 0.15) is 12.4 Å². The predicted octanol–water partition coefficient (Wildman–Crippen LogP) is 7.21. The molecular weight excluding hydrogens is 1210 g/mol. The summed E-state index contributed by atoms with van der Waals surface area (Å²) in [5.74, 6) is -1.85. The maximum atomic E-state index is 13.3. The standard InChI is InChI=1S/C25H16I6O7S/c26-15-8-17(23(30)19(28)10-15)21(32)6-12-3-13(5-14(4-12)25(34)38-1-2-39(35,36)37)7-22(33)18-9-16(27)11-20(29)24(18)31/h3-5,8-11H,1-2,6-7H2,(H,35,36,37). The van der Waals surface area contributed by atoms with Gasteiger partial charge < -0.3 is 4.74 Å². The summed E-state index contributed by atoms with van der Waals surface area (Å²) in [5.41, 5.74) is 2.24. The van der Waals surface area contributed by atoms with Gasteiger partial charge in [-0.2, -0.15) is 8.42 Å². The SMILES string of the molecule is O=C(OCCS(=O)(=O)O)c1cc(CC(=O)c2cc(I)cc(I)c2I)cc(CC(=O)c2cc(I)cc(I)c2I)c1. The van der Waals surface area contributed by atoms with Crippen LogP contribution in [0.5, 0.6) is 0 Å². The summed E-state index contributed by atoms with van der Waals surface area (Å²) < 4.78 is 41.4. The lowest BCUT2D eigenvalue weighted by molar-refractivity contribution is 0.0527. The zero-order chi connectivity index (χ0) is 29.1. The number of hydrogen-bond acceptors (Lipinski definition) is 6. The molecule has 0 fully saturated rings. The number of esters is 1. The zero-order valence-electron chi connectivity index (χ0n) is 19.4. The van der Waals surface area contributed by atoms with Crippen molar-refractivity contribution < 1.29 is 32.1 Å². The van der Waals surface area contributed by atoms with Crippen molar-refractivity contribution in [3.8, 4) is 0 Å². The molecule has 0 aliphatic rings. The molecule has 14 heteroatoms. The Bertz CT molecular complexity index is 1500. The quantitative estimate of drug-likeness (QED) is 0.0751. The van der Waals surface area contributed by atoms with E-state index < -0.39 is 28.4 Å². The molecule has 0 saturated carbocycles. The van der Waals surface area contributed by atoms with Crippen molar-refractivity contribution in [2.75, 3.05) is 12.4 Å². The lowest BCUT2D eigenvalue weighted by Crippen LogP contribution is -2.16. The Balaban J connectivity index is 1.97. The first-order valence-corrected chi connectivity index (χ1v) is 18.8. The van der Waals surface area contributed by atoms with Gasteiger partial charge in [0.15, 0.2) is 11.6 Å². The van der Waals surface area contributed by atoms with Crippen molar-refractivity contribution in [3.63, 3.8) is 0 Å². The molecule has 0 radical (unpaired) electrons. The van der Waals surface area contributed by atoms with E-state index in [9.17, 15) is 22.8 Å². The molecule has 0 aromatic heterocycles. The Labute approximate surface area is 307 Å². The van der Waals surface area contributed by atoms with E-state index >= 15 is 0 Å². The largest absolute Gasteiger partial charge is 0.461 e. The van der Waals surface area contributed by atoms with Crippen LogP contribution in [0.15, 0.2) is 42.5 Å². The number of halogens is 6. The maximum Gasteiger partial charge on any atom is 0.338 e. The van der Waals surface area contributed by atoms with Crippen LogP contribution in [0.1, 0.15) is 42.2 Å². The Hall–Kier alpha value is 0.760. The molecule has 0 atom stereocenters. The molecule has 0 aliphatic heterocycles. The van der Waals surface area contributed by atoms with Crippen molar-refractivity contribution in [1.29, 1.82) is 0 Å². The number of hydrogen-bond donors (Lipinski definition) is 1. The van der Waals surface area contributed by atoms with Gasteiger partial charge in [0.05, 0.1) is 5.56 Å². The van der Waals surface area contributed by atoms with Gasteiger partial charge in [0, 0.05) is 45.4 Å². The molecule has 0 unspecified atom stereocenters. The molecule has 206 valence electrons. The fourth-order valence-corrected chi connectivity index (χ4v) is 8.69. The molecule has 7 nitrogen and oxygen atoms in total. The molecule has 0 heterocycles. The van der Waals surface area contributed by atoms with Gasteiger partial charge >= 0.3 is 5.97 Å². The van der Waals surface area contributed by atoms with Gasteiger partial charge in [0.2, 0.25) is 0 Å². The smallest absolute Gasteiger partial charge is 0.338 e. The number of ether oxygens (including phenoxy) is 1. The van der Waals surface area contributed by atoms with Crippen LogP contribution in [0.4, 0.5) is 0 Å². The second kappa shape index (κ2) is 15.0. The summed E-state index contributed by atoms with van der Waals surface area (Å²) >= 11 is 12.9. The fraction of sp³-hybridized carbons (Fsp3) is 0.160. The van der Waals surface area contributed by atoms with E-state index in [1.807, 2.05) is 24.3 Å². The van der Waals surface area contributed by atoms with Crippen LogP contribution in [0, 0.1) is 21.4 Å². The molecule has 3 aromatic carbocycles. The Kier molecular flexibility index (Phi) is 13.1. The summed E-state index contributed by atoms with van der Waals surface area (Å²) in [6.07, 6.45) is -0.0314. The highest BCUT2D eigenvalue weighted by molar-refractivity contribution is 14.1. The minimum absolute atomic E-state index is 0.0157. The van der Waals surface area contributed by atoms with Gasteiger partial charge in [-0.25, -0.2) is 4.79 Å². The van der Waals surface area contributed by atoms with E-state index in [0.29, 0.717) is 22.3 Å². The minimum Gasteiger partial charge on any atom is -0.461 e. The molecule has 0 amide bonds. The molecule has 0 saturated heterocycles. The number of carbonyl (C=O) groups excluding carboxylic acids is 3. The summed E-state index contributed by atoms with van der Waals surface area (Å²) in [6, 6.07) is 12.3.